The lowest BCUT2D eigenvalue weighted by molar-refractivity contribution is 0.415. The third kappa shape index (κ3) is 3.74. The second kappa shape index (κ2) is 7.53. The van der Waals surface area contributed by atoms with Crippen molar-refractivity contribution in [2.45, 2.75) is 13.3 Å². The van der Waals surface area contributed by atoms with Crippen molar-refractivity contribution in [3.05, 3.63) is 60.8 Å². The fraction of sp³-hybridized carbons (Fsp3) is 0.238. The molecule has 0 aliphatic heterocycles. The molecule has 0 atom stereocenters. The van der Waals surface area contributed by atoms with Gasteiger partial charge in [0.05, 0.1) is 18.3 Å². The van der Waals surface area contributed by atoms with Crippen LogP contribution in [0.2, 0.25) is 0 Å². The van der Waals surface area contributed by atoms with Gasteiger partial charge in [0.15, 0.2) is 0 Å². The number of para-hydroxylation sites is 1. The Balaban J connectivity index is 2.07. The van der Waals surface area contributed by atoms with Crippen LogP contribution in [-0.2, 0) is 0 Å². The van der Waals surface area contributed by atoms with Crippen LogP contribution >= 0.6 is 0 Å². The van der Waals surface area contributed by atoms with Crippen molar-refractivity contribution in [3.8, 4) is 17.0 Å². The van der Waals surface area contributed by atoms with E-state index in [1.54, 1.807) is 7.11 Å². The van der Waals surface area contributed by atoms with Gasteiger partial charge in [-0.05, 0) is 56.9 Å². The number of hydrogen-bond donors (Lipinski definition) is 1. The number of rotatable bonds is 6. The summed E-state index contributed by atoms with van der Waals surface area (Å²) in [5.74, 6) is 0.845. The lowest BCUT2D eigenvalue weighted by Crippen LogP contribution is -2.26. The van der Waals surface area contributed by atoms with Crippen molar-refractivity contribution in [2.24, 2.45) is 0 Å². The lowest BCUT2D eigenvalue weighted by Gasteiger charge is -2.24. The van der Waals surface area contributed by atoms with Gasteiger partial charge in [-0.1, -0.05) is 25.1 Å². The van der Waals surface area contributed by atoms with E-state index < -0.39 is 0 Å². The molecule has 0 aliphatic rings. The summed E-state index contributed by atoms with van der Waals surface area (Å²) in [5, 5.41) is 4.70. The van der Waals surface area contributed by atoms with Crippen LogP contribution in [0.4, 0.5) is 5.69 Å². The zero-order valence-corrected chi connectivity index (χ0v) is 15.2. The standard InChI is InChI=1S/C21H24N3O/c1-5-21(24(2)3)23-20-14-19(15-10-12-16(25-4)13-11-15)22-18-9-7-6-8-17(18)20/h6-14H,5H2,1-4H3,(H,22,23). The SMILES string of the molecule is CC[C](Nc1cc(-c2ccc(OC)cc2)nc2ccccc12)N(C)C. The smallest absolute Gasteiger partial charge is 0.128 e. The van der Waals surface area contributed by atoms with Gasteiger partial charge in [-0.25, -0.2) is 4.98 Å². The predicted octanol–water partition coefficient (Wildman–Crippen LogP) is 4.78. The molecular formula is C21H24N3O. The fourth-order valence-electron chi connectivity index (χ4n) is 2.86. The minimum atomic E-state index is 0.845. The maximum Gasteiger partial charge on any atom is 0.128 e. The topological polar surface area (TPSA) is 37.4 Å². The first-order chi connectivity index (χ1) is 12.1. The molecule has 0 saturated heterocycles. The molecule has 0 saturated carbocycles. The number of fused-ring (bicyclic) bond motifs is 1. The Morgan fingerprint density at radius 1 is 1.08 bits per heavy atom. The molecule has 1 radical (unpaired) electrons. The molecule has 1 N–H and O–H groups in total. The zero-order valence-electron chi connectivity index (χ0n) is 15.2. The van der Waals surface area contributed by atoms with Gasteiger partial charge in [-0.15, -0.1) is 0 Å². The van der Waals surface area contributed by atoms with E-state index in [1.165, 1.54) is 0 Å². The summed E-state index contributed by atoms with van der Waals surface area (Å²) in [6.07, 6.45) is 2.10. The van der Waals surface area contributed by atoms with Crippen LogP contribution in [0.25, 0.3) is 22.2 Å². The van der Waals surface area contributed by atoms with E-state index in [4.69, 9.17) is 9.72 Å². The molecule has 1 heterocycles. The van der Waals surface area contributed by atoms with Crippen molar-refractivity contribution >= 4 is 16.6 Å². The summed E-state index contributed by atoms with van der Waals surface area (Å²) in [6.45, 7) is 2.15. The van der Waals surface area contributed by atoms with E-state index in [1.807, 2.05) is 36.4 Å². The predicted molar refractivity (Wildman–Crippen MR) is 105 cm³/mol. The van der Waals surface area contributed by atoms with E-state index in [0.29, 0.717) is 0 Å². The van der Waals surface area contributed by atoms with E-state index in [-0.39, 0.29) is 0 Å². The van der Waals surface area contributed by atoms with E-state index in [9.17, 15) is 0 Å². The Kier molecular flexibility index (Phi) is 5.19. The number of hydrogen-bond acceptors (Lipinski definition) is 4. The van der Waals surface area contributed by atoms with Crippen LogP contribution in [-0.4, -0.2) is 31.1 Å². The highest BCUT2D eigenvalue weighted by molar-refractivity contribution is 5.94. The Hall–Kier alpha value is -2.59. The van der Waals surface area contributed by atoms with Gasteiger partial charge in [0, 0.05) is 16.6 Å². The van der Waals surface area contributed by atoms with Crippen LogP contribution in [0.15, 0.2) is 54.6 Å². The number of benzene rings is 2. The molecule has 0 spiro atoms. The summed E-state index contributed by atoms with van der Waals surface area (Å²) in [6, 6.07) is 18.3. The highest BCUT2D eigenvalue weighted by Crippen LogP contribution is 2.31. The maximum atomic E-state index is 5.25. The van der Waals surface area contributed by atoms with Gasteiger partial charge in [-0.3, -0.25) is 4.90 Å². The fourth-order valence-corrected chi connectivity index (χ4v) is 2.86. The Labute approximate surface area is 149 Å². The van der Waals surface area contributed by atoms with E-state index >= 15 is 0 Å². The number of pyridine rings is 1. The minimum Gasteiger partial charge on any atom is -0.497 e. The molecule has 0 amide bonds. The largest absolute Gasteiger partial charge is 0.497 e. The minimum absolute atomic E-state index is 0.845. The van der Waals surface area contributed by atoms with Gasteiger partial charge in [-0.2, -0.15) is 0 Å². The molecule has 0 unspecified atom stereocenters. The van der Waals surface area contributed by atoms with E-state index in [2.05, 4.69) is 49.4 Å². The molecule has 0 bridgehead atoms. The molecule has 4 nitrogen and oxygen atoms in total. The van der Waals surface area contributed by atoms with Crippen LogP contribution in [0.3, 0.4) is 0 Å². The van der Waals surface area contributed by atoms with E-state index in [0.717, 1.165) is 46.2 Å². The number of nitrogens with one attached hydrogen (secondary N) is 1. The van der Waals surface area contributed by atoms with Crippen molar-refractivity contribution in [1.82, 2.24) is 9.88 Å². The molecule has 0 aliphatic carbocycles. The second-order valence-corrected chi connectivity index (χ2v) is 6.12. The Morgan fingerprint density at radius 2 is 1.80 bits per heavy atom. The molecular weight excluding hydrogens is 310 g/mol. The van der Waals surface area contributed by atoms with Crippen molar-refractivity contribution in [3.63, 3.8) is 0 Å². The van der Waals surface area contributed by atoms with Crippen molar-refractivity contribution in [2.75, 3.05) is 26.5 Å². The van der Waals surface area contributed by atoms with Gasteiger partial charge >= 0.3 is 0 Å². The van der Waals surface area contributed by atoms with Crippen LogP contribution in [0.5, 0.6) is 5.75 Å². The number of anilines is 1. The first kappa shape index (κ1) is 17.2. The highest BCUT2D eigenvalue weighted by Gasteiger charge is 2.14. The average Bonchev–Trinajstić information content (AvgIpc) is 2.65. The van der Waals surface area contributed by atoms with Crippen molar-refractivity contribution < 1.29 is 4.74 Å². The van der Waals surface area contributed by atoms with Gasteiger partial charge in [0.2, 0.25) is 0 Å². The van der Waals surface area contributed by atoms with Crippen LogP contribution in [0.1, 0.15) is 13.3 Å². The van der Waals surface area contributed by atoms with Crippen LogP contribution in [0, 0.1) is 6.17 Å². The third-order valence-electron chi connectivity index (χ3n) is 4.26. The molecule has 1 aromatic heterocycles. The maximum absolute atomic E-state index is 5.25. The van der Waals surface area contributed by atoms with Crippen molar-refractivity contribution in [1.29, 1.82) is 0 Å². The summed E-state index contributed by atoms with van der Waals surface area (Å²) in [7, 11) is 5.79. The number of ether oxygens (including phenoxy) is 1. The number of methoxy groups -OCH3 is 1. The monoisotopic (exact) mass is 334 g/mol. The summed E-state index contributed by atoms with van der Waals surface area (Å²) < 4.78 is 5.25. The Bertz CT molecular complexity index is 843. The highest BCUT2D eigenvalue weighted by atomic mass is 16.5. The van der Waals surface area contributed by atoms with Gasteiger partial charge in [0.1, 0.15) is 11.9 Å². The quantitative estimate of drug-likeness (QED) is 0.704. The second-order valence-electron chi connectivity index (χ2n) is 6.12. The third-order valence-corrected chi connectivity index (χ3v) is 4.26. The molecule has 2 aromatic carbocycles. The molecule has 4 heteroatoms. The van der Waals surface area contributed by atoms with Gasteiger partial charge < -0.3 is 10.1 Å². The first-order valence-corrected chi connectivity index (χ1v) is 8.46. The molecule has 3 aromatic rings. The zero-order chi connectivity index (χ0) is 17.8. The summed E-state index contributed by atoms with van der Waals surface area (Å²) in [5.41, 5.74) is 4.06. The Morgan fingerprint density at radius 3 is 2.44 bits per heavy atom. The number of aromatic nitrogens is 1. The molecule has 129 valence electrons. The summed E-state index contributed by atoms with van der Waals surface area (Å²) >= 11 is 0. The molecule has 0 fully saturated rings. The first-order valence-electron chi connectivity index (χ1n) is 8.46. The van der Waals surface area contributed by atoms with Crippen LogP contribution < -0.4 is 10.1 Å². The molecule has 25 heavy (non-hydrogen) atoms. The lowest BCUT2D eigenvalue weighted by atomic mass is 10.1. The summed E-state index contributed by atoms with van der Waals surface area (Å²) in [4.78, 5) is 6.95. The van der Waals surface area contributed by atoms with Gasteiger partial charge in [0.25, 0.3) is 0 Å². The molecule has 3 rings (SSSR count). The number of nitrogens with zero attached hydrogens (tertiary/aromatic N) is 2. The normalized spacial score (nSPS) is 11.3. The average molecular weight is 334 g/mol.